The Labute approximate surface area is 245 Å². The molecule has 1 aliphatic rings. The van der Waals surface area contributed by atoms with E-state index in [9.17, 15) is 0 Å². The zero-order valence-electron chi connectivity index (χ0n) is 23.7. The molecule has 3 heteroatoms. The Morgan fingerprint density at radius 2 is 1.00 bits per heavy atom. The van der Waals surface area contributed by atoms with Gasteiger partial charge in [0.15, 0.2) is 0 Å². The minimum atomic E-state index is 0.0941. The second-order valence-electron chi connectivity index (χ2n) is 12.4. The average Bonchev–Trinajstić information content (AvgIpc) is 2.96. The molecule has 5 rings (SSSR count). The van der Waals surface area contributed by atoms with Crippen molar-refractivity contribution < 1.29 is 0 Å². The van der Waals surface area contributed by atoms with Crippen molar-refractivity contribution in [1.82, 2.24) is 0 Å². The minimum absolute atomic E-state index is 0.0941. The van der Waals surface area contributed by atoms with Crippen LogP contribution in [0.25, 0.3) is 11.1 Å². The Morgan fingerprint density at radius 3 is 1.50 bits per heavy atom. The molecule has 0 fully saturated rings. The molecule has 0 bridgehead atoms. The third-order valence-corrected chi connectivity index (χ3v) is 10.7. The molecule has 0 atom stereocenters. The lowest BCUT2D eigenvalue weighted by Crippen LogP contribution is -2.42. The number of hydrogen-bond acceptors (Lipinski definition) is 1. The van der Waals surface area contributed by atoms with Crippen molar-refractivity contribution in [2.75, 3.05) is 4.90 Å². The molecule has 4 aromatic rings. The molecule has 0 heterocycles. The first-order valence-electron chi connectivity index (χ1n) is 13.3. The molecule has 0 N–H and O–H groups in total. The first-order chi connectivity index (χ1) is 17.8. The number of rotatable bonds is 4. The summed E-state index contributed by atoms with van der Waals surface area (Å²) in [6.07, 6.45) is 0. The molecule has 1 nitrogen and oxygen atoms in total. The molecule has 0 amide bonds. The van der Waals surface area contributed by atoms with Gasteiger partial charge in [0, 0.05) is 26.0 Å². The number of aryl methyl sites for hydroxylation is 2. The summed E-state index contributed by atoms with van der Waals surface area (Å²) in [7, 11) is 0. The van der Waals surface area contributed by atoms with Crippen LogP contribution in [-0.2, 0) is 10.8 Å². The maximum absolute atomic E-state index is 3.64. The van der Waals surface area contributed by atoms with Gasteiger partial charge in [0.2, 0.25) is 0 Å². The third-order valence-electron chi connectivity index (χ3n) is 9.75. The summed E-state index contributed by atoms with van der Waals surface area (Å²) in [5.41, 5.74) is 11.8. The first kappa shape index (κ1) is 27.2. The average molecular weight is 631 g/mol. The van der Waals surface area contributed by atoms with E-state index in [1.54, 1.807) is 0 Å². The molecule has 0 saturated heterocycles. The van der Waals surface area contributed by atoms with Gasteiger partial charge in [0.05, 0.1) is 0 Å². The standard InChI is InChI=1S/C35H37Br2N/c1-22-19-26(36)12-17-31(22)38(32-18-13-27(37)20-23(32)2)28-14-9-24(10-15-28)25-11-16-29-30(21-25)34(5,6)35(7,8)33(29,3)4/h9-21H,1-8H3. The molecule has 4 aromatic carbocycles. The van der Waals surface area contributed by atoms with Crippen molar-refractivity contribution in [3.63, 3.8) is 0 Å². The van der Waals surface area contributed by atoms with Crippen molar-refractivity contribution in [1.29, 1.82) is 0 Å². The van der Waals surface area contributed by atoms with Gasteiger partial charge in [-0.2, -0.15) is 0 Å². The largest absolute Gasteiger partial charge is 0.310 e. The van der Waals surface area contributed by atoms with E-state index in [1.807, 2.05) is 0 Å². The van der Waals surface area contributed by atoms with Crippen molar-refractivity contribution >= 4 is 48.9 Å². The van der Waals surface area contributed by atoms with Gasteiger partial charge in [-0.1, -0.05) is 104 Å². The van der Waals surface area contributed by atoms with Crippen LogP contribution in [0.4, 0.5) is 17.1 Å². The van der Waals surface area contributed by atoms with Gasteiger partial charge >= 0.3 is 0 Å². The molecule has 0 spiro atoms. The fraction of sp³-hybridized carbons (Fsp3) is 0.314. The maximum atomic E-state index is 3.64. The Bertz CT molecular complexity index is 1480. The van der Waals surface area contributed by atoms with Gasteiger partial charge in [0.25, 0.3) is 0 Å². The molecule has 0 unspecified atom stereocenters. The summed E-state index contributed by atoms with van der Waals surface area (Å²) >= 11 is 7.27. The monoisotopic (exact) mass is 629 g/mol. The van der Waals surface area contributed by atoms with E-state index in [0.29, 0.717) is 0 Å². The lowest BCUT2D eigenvalue weighted by Gasteiger charge is -2.44. The molecule has 38 heavy (non-hydrogen) atoms. The van der Waals surface area contributed by atoms with Gasteiger partial charge in [-0.25, -0.2) is 0 Å². The van der Waals surface area contributed by atoms with Gasteiger partial charge in [-0.15, -0.1) is 0 Å². The van der Waals surface area contributed by atoms with Gasteiger partial charge in [0.1, 0.15) is 0 Å². The van der Waals surface area contributed by atoms with Crippen LogP contribution in [0.3, 0.4) is 0 Å². The van der Waals surface area contributed by atoms with E-state index >= 15 is 0 Å². The lowest BCUT2D eigenvalue weighted by atomic mass is 9.59. The quantitative estimate of drug-likeness (QED) is 0.217. The fourth-order valence-electron chi connectivity index (χ4n) is 6.19. The van der Waals surface area contributed by atoms with Gasteiger partial charge in [-0.05, 0) is 112 Å². The van der Waals surface area contributed by atoms with Crippen LogP contribution in [0.15, 0.2) is 87.8 Å². The summed E-state index contributed by atoms with van der Waals surface area (Å²) in [6.45, 7) is 18.8. The zero-order chi connectivity index (χ0) is 27.6. The normalized spacial score (nSPS) is 16.8. The van der Waals surface area contributed by atoms with E-state index in [4.69, 9.17) is 0 Å². The minimum Gasteiger partial charge on any atom is -0.310 e. The predicted molar refractivity (Wildman–Crippen MR) is 171 cm³/mol. The van der Waals surface area contributed by atoms with Gasteiger partial charge < -0.3 is 4.90 Å². The Morgan fingerprint density at radius 1 is 0.526 bits per heavy atom. The van der Waals surface area contributed by atoms with Crippen LogP contribution in [0.5, 0.6) is 0 Å². The van der Waals surface area contributed by atoms with Crippen LogP contribution in [0.2, 0.25) is 0 Å². The molecular formula is C35H37Br2N. The molecule has 0 saturated carbocycles. The highest BCUT2D eigenvalue weighted by Crippen LogP contribution is 2.61. The second-order valence-corrected chi connectivity index (χ2v) is 14.2. The molecule has 0 radical (unpaired) electrons. The Hall–Kier alpha value is -2.36. The Balaban J connectivity index is 1.59. The van der Waals surface area contributed by atoms with Crippen LogP contribution in [0, 0.1) is 19.3 Å². The second kappa shape index (κ2) is 9.38. The van der Waals surface area contributed by atoms with Crippen LogP contribution < -0.4 is 4.90 Å². The topological polar surface area (TPSA) is 3.24 Å². The maximum Gasteiger partial charge on any atom is 0.0491 e. The van der Waals surface area contributed by atoms with Crippen LogP contribution >= 0.6 is 31.9 Å². The molecule has 0 aliphatic heterocycles. The number of nitrogens with zero attached hydrogens (tertiary/aromatic N) is 1. The van der Waals surface area contributed by atoms with Crippen LogP contribution in [-0.4, -0.2) is 0 Å². The summed E-state index contributed by atoms with van der Waals surface area (Å²) in [6, 6.07) is 29.2. The van der Waals surface area contributed by atoms with Crippen LogP contribution in [0.1, 0.15) is 63.8 Å². The van der Waals surface area contributed by atoms with Gasteiger partial charge in [-0.3, -0.25) is 0 Å². The predicted octanol–water partition coefficient (Wildman–Crippen LogP) is 11.6. The highest BCUT2D eigenvalue weighted by molar-refractivity contribution is 9.10. The smallest absolute Gasteiger partial charge is 0.0491 e. The zero-order valence-corrected chi connectivity index (χ0v) is 26.9. The van der Waals surface area contributed by atoms with E-state index in [2.05, 4.69) is 171 Å². The number of hydrogen-bond donors (Lipinski definition) is 0. The Kier molecular flexibility index (Phi) is 6.72. The van der Waals surface area contributed by atoms with E-state index in [-0.39, 0.29) is 16.2 Å². The van der Waals surface area contributed by atoms with Crippen molar-refractivity contribution in [3.05, 3.63) is 110 Å². The summed E-state index contributed by atoms with van der Waals surface area (Å²) in [4.78, 5) is 2.37. The van der Waals surface area contributed by atoms with Crippen molar-refractivity contribution in [2.45, 2.75) is 66.2 Å². The number of anilines is 3. The molecule has 0 aromatic heterocycles. The van der Waals surface area contributed by atoms with E-state index in [0.717, 1.165) is 14.6 Å². The number of halogens is 2. The summed E-state index contributed by atoms with van der Waals surface area (Å²) in [5.74, 6) is 0. The third kappa shape index (κ3) is 4.18. The lowest BCUT2D eigenvalue weighted by molar-refractivity contribution is 0.125. The molecule has 1 aliphatic carbocycles. The fourth-order valence-corrected chi connectivity index (χ4v) is 7.14. The molecule has 196 valence electrons. The number of fused-ring (bicyclic) bond motifs is 1. The summed E-state index contributed by atoms with van der Waals surface area (Å²) < 4.78 is 2.18. The number of benzene rings is 4. The SMILES string of the molecule is Cc1cc(Br)ccc1N(c1ccc(-c2ccc3c(c2)C(C)(C)C(C)(C)C3(C)C)cc1)c1ccc(Br)cc1C. The highest BCUT2D eigenvalue weighted by atomic mass is 79.9. The molecular weight excluding hydrogens is 594 g/mol. The highest BCUT2D eigenvalue weighted by Gasteiger charge is 2.56. The van der Waals surface area contributed by atoms with E-state index in [1.165, 1.54) is 44.8 Å². The van der Waals surface area contributed by atoms with Crippen molar-refractivity contribution in [3.8, 4) is 11.1 Å². The first-order valence-corrected chi connectivity index (χ1v) is 14.9. The van der Waals surface area contributed by atoms with E-state index < -0.39 is 0 Å². The summed E-state index contributed by atoms with van der Waals surface area (Å²) in [5, 5.41) is 0. The van der Waals surface area contributed by atoms with Crippen molar-refractivity contribution in [2.24, 2.45) is 5.41 Å².